The van der Waals surface area contributed by atoms with Crippen molar-refractivity contribution in [3.63, 3.8) is 0 Å². The Kier molecular flexibility index (Phi) is 7.53. The molecular weight excluding hydrogens is 366 g/mol. The Morgan fingerprint density at radius 2 is 1.46 bits per heavy atom. The highest BCUT2D eigenvalue weighted by atomic mass is 32.1. The third kappa shape index (κ3) is 6.44. The molecule has 2 aromatic carbocycles. The summed E-state index contributed by atoms with van der Waals surface area (Å²) in [4.78, 5) is 16.5. The molecule has 0 unspecified atom stereocenters. The van der Waals surface area contributed by atoms with E-state index in [0.29, 0.717) is 5.11 Å². The molecule has 1 N–H and O–H groups in total. The maximum atomic E-state index is 12.1. The van der Waals surface area contributed by atoms with Crippen molar-refractivity contribution < 1.29 is 4.79 Å². The summed E-state index contributed by atoms with van der Waals surface area (Å²) in [5.74, 6) is -0.193. The molecule has 1 fully saturated rings. The van der Waals surface area contributed by atoms with Crippen molar-refractivity contribution in [2.24, 2.45) is 0 Å². The van der Waals surface area contributed by atoms with Gasteiger partial charge in [-0.3, -0.25) is 15.0 Å². The van der Waals surface area contributed by atoms with E-state index in [9.17, 15) is 4.79 Å². The normalized spacial score (nSPS) is 15.2. The molecule has 144 valence electrons. The first kappa shape index (κ1) is 20.0. The van der Waals surface area contributed by atoms with Gasteiger partial charge in [0.15, 0.2) is 5.11 Å². The summed E-state index contributed by atoms with van der Waals surface area (Å²) in [5, 5.41) is 3.30. The summed E-state index contributed by atoms with van der Waals surface area (Å²) in [6.45, 7) is 4.41. The number of thiocarbonyl (C=S) groups is 1. The molecule has 1 amide bonds. The fourth-order valence-electron chi connectivity index (χ4n) is 3.00. The van der Waals surface area contributed by atoms with Gasteiger partial charge in [0.05, 0.1) is 0 Å². The van der Waals surface area contributed by atoms with Gasteiger partial charge in [0.2, 0.25) is 5.91 Å². The summed E-state index contributed by atoms with van der Waals surface area (Å²) < 4.78 is 0. The van der Waals surface area contributed by atoms with Gasteiger partial charge in [-0.25, -0.2) is 0 Å². The molecule has 0 bridgehead atoms. The Labute approximate surface area is 172 Å². The third-order valence-electron chi connectivity index (χ3n) is 4.59. The van der Waals surface area contributed by atoms with Gasteiger partial charge in [-0.05, 0) is 29.4 Å². The van der Waals surface area contributed by atoms with Crippen LogP contribution in [0, 0.1) is 0 Å². The Hall–Kier alpha value is -2.76. The number of benzene rings is 2. The van der Waals surface area contributed by atoms with Crippen LogP contribution in [0.25, 0.3) is 12.2 Å². The monoisotopic (exact) mass is 391 g/mol. The first-order chi connectivity index (χ1) is 13.7. The lowest BCUT2D eigenvalue weighted by Gasteiger charge is -2.35. The van der Waals surface area contributed by atoms with Crippen LogP contribution in [0.15, 0.2) is 72.8 Å². The lowest BCUT2D eigenvalue weighted by Crippen LogP contribution is -2.52. The van der Waals surface area contributed by atoms with Crippen molar-refractivity contribution >= 4 is 35.4 Å². The molecule has 3 rings (SSSR count). The van der Waals surface area contributed by atoms with Crippen LogP contribution in [0.3, 0.4) is 0 Å². The molecule has 5 heteroatoms. The zero-order valence-corrected chi connectivity index (χ0v) is 16.6. The standard InChI is InChI=1S/C23H25N3OS/c27-22(14-13-21-10-5-2-6-11-21)24-23(28)26-18-16-25(17-19-26)15-7-12-20-8-3-1-4-9-20/h1-14H,15-19H2,(H,24,27,28). The predicted octanol–water partition coefficient (Wildman–Crippen LogP) is 3.43. The van der Waals surface area contributed by atoms with E-state index in [4.69, 9.17) is 12.2 Å². The number of amides is 1. The third-order valence-corrected chi connectivity index (χ3v) is 4.95. The molecule has 1 aliphatic rings. The summed E-state index contributed by atoms with van der Waals surface area (Å²) in [5.41, 5.74) is 2.20. The fourth-order valence-corrected chi connectivity index (χ4v) is 3.28. The average Bonchev–Trinajstić information content (AvgIpc) is 2.74. The molecule has 0 aromatic heterocycles. The number of hydrogen-bond donors (Lipinski definition) is 1. The van der Waals surface area contributed by atoms with E-state index in [1.807, 2.05) is 48.5 Å². The van der Waals surface area contributed by atoms with Crippen molar-refractivity contribution in [1.82, 2.24) is 15.1 Å². The lowest BCUT2D eigenvalue weighted by atomic mass is 10.2. The number of nitrogens with one attached hydrogen (secondary N) is 1. The SMILES string of the molecule is O=C(C=Cc1ccccc1)NC(=S)N1CCN(CC=Cc2ccccc2)CC1. The highest BCUT2D eigenvalue weighted by Gasteiger charge is 2.18. The van der Waals surface area contributed by atoms with Gasteiger partial charge in [0.25, 0.3) is 0 Å². The number of rotatable bonds is 5. The predicted molar refractivity (Wildman–Crippen MR) is 120 cm³/mol. The minimum atomic E-state index is -0.193. The minimum absolute atomic E-state index is 0.193. The number of carbonyl (C=O) groups excluding carboxylic acids is 1. The van der Waals surface area contributed by atoms with Crippen LogP contribution in [0.4, 0.5) is 0 Å². The van der Waals surface area contributed by atoms with Crippen LogP contribution in [0.1, 0.15) is 11.1 Å². The maximum Gasteiger partial charge on any atom is 0.250 e. The smallest absolute Gasteiger partial charge is 0.250 e. The van der Waals surface area contributed by atoms with E-state index in [-0.39, 0.29) is 5.91 Å². The lowest BCUT2D eigenvalue weighted by molar-refractivity contribution is -0.115. The highest BCUT2D eigenvalue weighted by Crippen LogP contribution is 2.05. The van der Waals surface area contributed by atoms with Gasteiger partial charge < -0.3 is 4.90 Å². The molecule has 0 aliphatic carbocycles. The highest BCUT2D eigenvalue weighted by molar-refractivity contribution is 7.80. The minimum Gasteiger partial charge on any atom is -0.346 e. The van der Waals surface area contributed by atoms with Gasteiger partial charge in [0.1, 0.15) is 0 Å². The molecule has 1 saturated heterocycles. The molecule has 1 aliphatic heterocycles. The fraction of sp³-hybridized carbons (Fsp3) is 0.217. The maximum absolute atomic E-state index is 12.1. The topological polar surface area (TPSA) is 35.6 Å². The van der Waals surface area contributed by atoms with E-state index in [1.54, 1.807) is 6.08 Å². The van der Waals surface area contributed by atoms with Gasteiger partial charge >= 0.3 is 0 Å². The zero-order chi connectivity index (χ0) is 19.6. The Bertz CT molecular complexity index is 825. The number of piperazine rings is 1. The molecule has 1 heterocycles. The van der Waals surface area contributed by atoms with Crippen LogP contribution >= 0.6 is 12.2 Å². The van der Waals surface area contributed by atoms with Crippen molar-refractivity contribution in [3.05, 3.63) is 83.9 Å². The number of carbonyl (C=O) groups is 1. The van der Waals surface area contributed by atoms with Gasteiger partial charge in [-0.15, -0.1) is 0 Å². The second kappa shape index (κ2) is 10.5. The summed E-state index contributed by atoms with van der Waals surface area (Å²) in [7, 11) is 0. The largest absolute Gasteiger partial charge is 0.346 e. The van der Waals surface area contributed by atoms with Gasteiger partial charge in [-0.1, -0.05) is 72.8 Å². The molecule has 2 aromatic rings. The van der Waals surface area contributed by atoms with E-state index < -0.39 is 0 Å². The first-order valence-electron chi connectivity index (χ1n) is 9.48. The van der Waals surface area contributed by atoms with Gasteiger partial charge in [-0.2, -0.15) is 0 Å². The second-order valence-electron chi connectivity index (χ2n) is 6.64. The first-order valence-corrected chi connectivity index (χ1v) is 9.88. The summed E-state index contributed by atoms with van der Waals surface area (Å²) >= 11 is 5.40. The quantitative estimate of drug-likeness (QED) is 0.626. The molecule has 0 atom stereocenters. The van der Waals surface area contributed by atoms with Crippen LogP contribution in [-0.2, 0) is 4.79 Å². The average molecular weight is 392 g/mol. The van der Waals surface area contributed by atoms with Crippen molar-refractivity contribution in [1.29, 1.82) is 0 Å². The van der Waals surface area contributed by atoms with Crippen LogP contribution < -0.4 is 5.32 Å². The van der Waals surface area contributed by atoms with Crippen LogP contribution in [0.5, 0.6) is 0 Å². The Morgan fingerprint density at radius 3 is 2.07 bits per heavy atom. The molecule has 0 radical (unpaired) electrons. The Balaban J connectivity index is 1.39. The summed E-state index contributed by atoms with van der Waals surface area (Å²) in [6, 6.07) is 20.0. The van der Waals surface area contributed by atoms with E-state index in [1.165, 1.54) is 11.6 Å². The van der Waals surface area contributed by atoms with Crippen molar-refractivity contribution in [2.75, 3.05) is 32.7 Å². The van der Waals surface area contributed by atoms with Gasteiger partial charge in [0, 0.05) is 38.8 Å². The second-order valence-corrected chi connectivity index (χ2v) is 7.03. The van der Waals surface area contributed by atoms with Crippen molar-refractivity contribution in [3.8, 4) is 0 Å². The number of nitrogens with zero attached hydrogens (tertiary/aromatic N) is 2. The zero-order valence-electron chi connectivity index (χ0n) is 15.8. The molecule has 28 heavy (non-hydrogen) atoms. The van der Waals surface area contributed by atoms with Crippen LogP contribution in [-0.4, -0.2) is 53.5 Å². The van der Waals surface area contributed by atoms with Crippen molar-refractivity contribution in [2.45, 2.75) is 0 Å². The van der Waals surface area contributed by atoms with Crippen LogP contribution in [0.2, 0.25) is 0 Å². The molecular formula is C23H25N3OS. The molecule has 0 saturated carbocycles. The molecule has 4 nitrogen and oxygen atoms in total. The number of hydrogen-bond acceptors (Lipinski definition) is 3. The van der Waals surface area contributed by atoms with E-state index >= 15 is 0 Å². The van der Waals surface area contributed by atoms with E-state index in [0.717, 1.165) is 38.3 Å². The molecule has 0 spiro atoms. The summed E-state index contributed by atoms with van der Waals surface area (Å²) in [6.07, 6.45) is 7.65. The Morgan fingerprint density at radius 1 is 0.893 bits per heavy atom. The van der Waals surface area contributed by atoms with E-state index in [2.05, 4.69) is 39.4 Å².